The average molecular weight is 291 g/mol. The molecule has 0 saturated carbocycles. The Morgan fingerprint density at radius 3 is 2.30 bits per heavy atom. The smallest absolute Gasteiger partial charge is 0.159 e. The first-order valence-corrected chi connectivity index (χ1v) is 6.87. The van der Waals surface area contributed by atoms with Crippen molar-refractivity contribution < 1.29 is 0 Å². The van der Waals surface area contributed by atoms with Crippen LogP contribution in [-0.2, 0) is 0 Å². The Hall–Kier alpha value is -1.94. The van der Waals surface area contributed by atoms with Crippen LogP contribution >= 0.6 is 11.6 Å². The molecule has 20 heavy (non-hydrogen) atoms. The van der Waals surface area contributed by atoms with Gasteiger partial charge in [0.05, 0.1) is 22.0 Å². The fourth-order valence-corrected chi connectivity index (χ4v) is 1.88. The average Bonchev–Trinajstić information content (AvgIpc) is 2.52. The number of nitrogens with one attached hydrogen (secondary N) is 2. The molecule has 2 rings (SSSR count). The number of benzene rings is 1. The van der Waals surface area contributed by atoms with Crippen molar-refractivity contribution >= 4 is 23.1 Å². The number of hydrogen-bond acceptors (Lipinski definition) is 4. The lowest BCUT2D eigenvalue weighted by molar-refractivity contribution is 0.978. The predicted molar refractivity (Wildman–Crippen MR) is 85.0 cm³/mol. The highest BCUT2D eigenvalue weighted by atomic mass is 35.5. The molecule has 106 valence electrons. The number of aromatic nitrogens is 2. The molecular weight excluding hydrogens is 272 g/mol. The molecule has 0 fully saturated rings. The maximum Gasteiger partial charge on any atom is 0.159 e. The largest absolute Gasteiger partial charge is 0.371 e. The van der Waals surface area contributed by atoms with Crippen LogP contribution in [0.5, 0.6) is 0 Å². The quantitative estimate of drug-likeness (QED) is 0.842. The molecule has 1 heterocycles. The Labute approximate surface area is 124 Å². The molecule has 0 spiro atoms. The fraction of sp³-hybridized carbons (Fsp3) is 0.267. The van der Waals surface area contributed by atoms with Gasteiger partial charge in [-0.15, -0.1) is 5.10 Å². The number of halogens is 1. The molecule has 0 unspecified atom stereocenters. The van der Waals surface area contributed by atoms with E-state index in [1.54, 1.807) is 14.0 Å². The lowest BCUT2D eigenvalue weighted by Gasteiger charge is -2.12. The first kappa shape index (κ1) is 16.1. The topological polar surface area (TPSA) is 61.7 Å². The maximum atomic E-state index is 8.26. The van der Waals surface area contributed by atoms with E-state index in [1.165, 1.54) is 0 Å². The summed E-state index contributed by atoms with van der Waals surface area (Å²) in [7, 11) is 1.73. The molecule has 2 aromatic rings. The third-order valence-corrected chi connectivity index (χ3v) is 3.09. The molecule has 0 saturated heterocycles. The standard InChI is InChI=1S/C13H13ClN4.C2H6/c1-8-11(14)10(13(16-2)18-17-8)12(15)9-6-4-3-5-7-9;1-2/h3-7,15H,1-2H3,(H,16,18);1-2H3. The highest BCUT2D eigenvalue weighted by Gasteiger charge is 2.17. The lowest BCUT2D eigenvalue weighted by atomic mass is 10.0. The number of anilines is 1. The Morgan fingerprint density at radius 2 is 1.75 bits per heavy atom. The van der Waals surface area contributed by atoms with Crippen molar-refractivity contribution in [2.75, 3.05) is 12.4 Å². The van der Waals surface area contributed by atoms with Crippen molar-refractivity contribution in [3.8, 4) is 0 Å². The van der Waals surface area contributed by atoms with Gasteiger partial charge in [0, 0.05) is 12.6 Å². The van der Waals surface area contributed by atoms with E-state index in [9.17, 15) is 0 Å². The van der Waals surface area contributed by atoms with Gasteiger partial charge in [-0.05, 0) is 6.92 Å². The van der Waals surface area contributed by atoms with E-state index in [1.807, 2.05) is 44.2 Å². The van der Waals surface area contributed by atoms with Gasteiger partial charge < -0.3 is 5.32 Å². The molecule has 1 aromatic heterocycles. The maximum absolute atomic E-state index is 8.26. The zero-order valence-corrected chi connectivity index (χ0v) is 12.9. The third-order valence-electron chi connectivity index (χ3n) is 2.62. The van der Waals surface area contributed by atoms with Gasteiger partial charge in [-0.3, -0.25) is 5.41 Å². The van der Waals surface area contributed by atoms with E-state index in [4.69, 9.17) is 17.0 Å². The molecule has 2 N–H and O–H groups in total. The fourth-order valence-electron chi connectivity index (χ4n) is 1.66. The molecular formula is C15H19ClN4. The highest BCUT2D eigenvalue weighted by molar-refractivity contribution is 6.36. The molecule has 0 aliphatic heterocycles. The van der Waals surface area contributed by atoms with E-state index < -0.39 is 0 Å². The summed E-state index contributed by atoms with van der Waals surface area (Å²) in [5.41, 5.74) is 2.33. The Morgan fingerprint density at radius 1 is 1.15 bits per heavy atom. The number of hydrogen-bond donors (Lipinski definition) is 2. The normalized spacial score (nSPS) is 9.45. The van der Waals surface area contributed by atoms with Crippen molar-refractivity contribution in [2.45, 2.75) is 20.8 Å². The van der Waals surface area contributed by atoms with E-state index in [-0.39, 0.29) is 0 Å². The highest BCUT2D eigenvalue weighted by Crippen LogP contribution is 2.26. The first-order valence-electron chi connectivity index (χ1n) is 6.50. The van der Waals surface area contributed by atoms with E-state index in [0.717, 1.165) is 5.56 Å². The first-order chi connectivity index (χ1) is 9.65. The van der Waals surface area contributed by atoms with Gasteiger partial charge in [0.1, 0.15) is 0 Å². The van der Waals surface area contributed by atoms with Crippen molar-refractivity contribution in [3.63, 3.8) is 0 Å². The molecule has 4 nitrogen and oxygen atoms in total. The van der Waals surface area contributed by atoms with Gasteiger partial charge in [-0.2, -0.15) is 5.10 Å². The van der Waals surface area contributed by atoms with Crippen LogP contribution in [0.3, 0.4) is 0 Å². The van der Waals surface area contributed by atoms with E-state index in [0.29, 0.717) is 27.8 Å². The molecule has 0 bridgehead atoms. The minimum absolute atomic E-state index is 0.336. The van der Waals surface area contributed by atoms with Crippen molar-refractivity contribution in [1.29, 1.82) is 5.41 Å². The van der Waals surface area contributed by atoms with Gasteiger partial charge in [0.25, 0.3) is 0 Å². The summed E-state index contributed by atoms with van der Waals surface area (Å²) < 4.78 is 0. The van der Waals surface area contributed by atoms with E-state index >= 15 is 0 Å². The molecule has 0 aliphatic rings. The van der Waals surface area contributed by atoms with Gasteiger partial charge in [0.15, 0.2) is 5.82 Å². The third kappa shape index (κ3) is 3.33. The van der Waals surface area contributed by atoms with E-state index in [2.05, 4.69) is 15.5 Å². The second kappa shape index (κ2) is 7.60. The van der Waals surface area contributed by atoms with Gasteiger partial charge >= 0.3 is 0 Å². The van der Waals surface area contributed by atoms with Gasteiger partial charge in [0.2, 0.25) is 0 Å². The van der Waals surface area contributed by atoms with Crippen molar-refractivity contribution in [3.05, 3.63) is 52.2 Å². The number of rotatable bonds is 3. The Bertz CT molecular complexity index is 582. The SMILES string of the molecule is CC.CNc1nnc(C)c(Cl)c1C(=N)c1ccccc1. The summed E-state index contributed by atoms with van der Waals surface area (Å²) >= 11 is 6.24. The van der Waals surface area contributed by atoms with Crippen LogP contribution in [0, 0.1) is 12.3 Å². The minimum Gasteiger partial charge on any atom is -0.371 e. The second-order valence-corrected chi connectivity index (χ2v) is 4.19. The lowest BCUT2D eigenvalue weighted by Crippen LogP contribution is -2.10. The Balaban J connectivity index is 0.000000956. The van der Waals surface area contributed by atoms with Crippen LogP contribution in [0.15, 0.2) is 30.3 Å². The number of aryl methyl sites for hydroxylation is 1. The summed E-state index contributed by atoms with van der Waals surface area (Å²) in [6.45, 7) is 5.77. The van der Waals surface area contributed by atoms with Gasteiger partial charge in [-0.25, -0.2) is 0 Å². The summed E-state index contributed by atoms with van der Waals surface area (Å²) in [5.74, 6) is 0.513. The second-order valence-electron chi connectivity index (χ2n) is 3.81. The summed E-state index contributed by atoms with van der Waals surface area (Å²) in [5, 5.41) is 19.6. The van der Waals surface area contributed by atoms with Crippen LogP contribution < -0.4 is 5.32 Å². The molecule has 0 radical (unpaired) electrons. The molecule has 1 aromatic carbocycles. The summed E-state index contributed by atoms with van der Waals surface area (Å²) in [6.07, 6.45) is 0. The van der Waals surface area contributed by atoms with Crippen LogP contribution in [0.25, 0.3) is 0 Å². The summed E-state index contributed by atoms with van der Waals surface area (Å²) in [4.78, 5) is 0. The van der Waals surface area contributed by atoms with Crippen LogP contribution in [0.2, 0.25) is 5.02 Å². The monoisotopic (exact) mass is 290 g/mol. The minimum atomic E-state index is 0.336. The summed E-state index contributed by atoms with van der Waals surface area (Å²) in [6, 6.07) is 9.42. The van der Waals surface area contributed by atoms with Crippen molar-refractivity contribution in [2.24, 2.45) is 0 Å². The predicted octanol–water partition coefficient (Wildman–Crippen LogP) is 3.92. The molecule has 0 aliphatic carbocycles. The van der Waals surface area contributed by atoms with Crippen LogP contribution in [-0.4, -0.2) is 23.0 Å². The molecule has 0 atom stereocenters. The van der Waals surface area contributed by atoms with Gasteiger partial charge in [-0.1, -0.05) is 55.8 Å². The van der Waals surface area contributed by atoms with Crippen LogP contribution in [0.4, 0.5) is 5.82 Å². The number of nitrogens with zero attached hydrogens (tertiary/aromatic N) is 2. The van der Waals surface area contributed by atoms with Crippen molar-refractivity contribution in [1.82, 2.24) is 10.2 Å². The molecule has 0 amide bonds. The molecule has 5 heteroatoms. The zero-order valence-electron chi connectivity index (χ0n) is 12.2. The zero-order chi connectivity index (χ0) is 15.1. The van der Waals surface area contributed by atoms with Crippen LogP contribution in [0.1, 0.15) is 30.7 Å². The Kier molecular flexibility index (Phi) is 6.12.